The summed E-state index contributed by atoms with van der Waals surface area (Å²) in [4.78, 5) is 14.0. The van der Waals surface area contributed by atoms with Gasteiger partial charge in [-0.3, -0.25) is 9.55 Å². The second-order valence-corrected chi connectivity index (χ2v) is 9.02. The Balaban J connectivity index is 1.28. The van der Waals surface area contributed by atoms with Gasteiger partial charge in [0.05, 0.1) is 17.6 Å². The molecule has 5 rings (SSSR count). The minimum Gasteiger partial charge on any atom is -0.494 e. The van der Waals surface area contributed by atoms with Gasteiger partial charge in [0.2, 0.25) is 0 Å². The number of imidazole rings is 1. The number of hydrogen-bond donors (Lipinski definition) is 0. The Hall–Kier alpha value is -3.29. The molecular formula is C27H30FN5O. The molecule has 1 aliphatic rings. The van der Waals surface area contributed by atoms with E-state index in [0.717, 1.165) is 42.2 Å². The molecule has 2 aromatic carbocycles. The molecule has 176 valence electrons. The van der Waals surface area contributed by atoms with Gasteiger partial charge in [0.1, 0.15) is 17.3 Å². The van der Waals surface area contributed by atoms with Crippen molar-refractivity contribution in [2.45, 2.75) is 18.9 Å². The number of likely N-dealkylation sites (tertiary alicyclic amines) is 1. The number of nitrogens with zero attached hydrogens (tertiary/aromatic N) is 5. The lowest BCUT2D eigenvalue weighted by Crippen LogP contribution is -2.32. The van der Waals surface area contributed by atoms with Crippen LogP contribution in [0.2, 0.25) is 0 Å². The van der Waals surface area contributed by atoms with Gasteiger partial charge in [-0.2, -0.15) is 0 Å². The average molecular weight is 460 g/mol. The van der Waals surface area contributed by atoms with Crippen molar-refractivity contribution in [2.24, 2.45) is 0 Å². The number of rotatable bonds is 8. The molecule has 1 atom stereocenters. The first-order valence-corrected chi connectivity index (χ1v) is 11.8. The monoisotopic (exact) mass is 459 g/mol. The van der Waals surface area contributed by atoms with E-state index < -0.39 is 0 Å². The van der Waals surface area contributed by atoms with Crippen molar-refractivity contribution in [1.82, 2.24) is 24.3 Å². The number of pyridine rings is 1. The summed E-state index contributed by atoms with van der Waals surface area (Å²) in [5, 5.41) is 0. The number of likely N-dealkylation sites (N-methyl/N-ethyl adjacent to an activating group) is 1. The smallest absolute Gasteiger partial charge is 0.164 e. The number of fused-ring (bicyclic) bond motifs is 1. The second-order valence-electron chi connectivity index (χ2n) is 9.02. The van der Waals surface area contributed by atoms with Crippen LogP contribution in [0.1, 0.15) is 12.8 Å². The average Bonchev–Trinajstić information content (AvgIpc) is 3.48. The van der Waals surface area contributed by atoms with Crippen molar-refractivity contribution < 1.29 is 9.13 Å². The molecule has 7 heteroatoms. The standard InChI is InChI=1S/C27H30FN5O/c1-31(2)22-13-16-32(19-22)15-5-17-34-23-10-8-21(9-11-23)33-26-12-7-20(28)18-25(26)30-27(33)24-6-3-4-14-29-24/h3-4,6-12,14,18,22H,5,13,15-17,19H2,1-2H3. The third-order valence-electron chi connectivity index (χ3n) is 6.47. The summed E-state index contributed by atoms with van der Waals surface area (Å²) in [6.07, 6.45) is 3.98. The maximum Gasteiger partial charge on any atom is 0.164 e. The minimum absolute atomic E-state index is 0.306. The fourth-order valence-corrected chi connectivity index (χ4v) is 4.59. The van der Waals surface area contributed by atoms with Crippen LogP contribution in [-0.2, 0) is 0 Å². The van der Waals surface area contributed by atoms with Crippen molar-refractivity contribution in [3.8, 4) is 23.0 Å². The molecule has 0 bridgehead atoms. The summed E-state index contributed by atoms with van der Waals surface area (Å²) in [5.41, 5.74) is 3.09. The van der Waals surface area contributed by atoms with Gasteiger partial charge < -0.3 is 14.5 Å². The SMILES string of the molecule is CN(C)C1CCN(CCCOc2ccc(-n3c(-c4ccccn4)nc4cc(F)ccc43)cc2)C1. The van der Waals surface area contributed by atoms with Crippen molar-refractivity contribution in [1.29, 1.82) is 0 Å². The molecule has 0 radical (unpaired) electrons. The third-order valence-corrected chi connectivity index (χ3v) is 6.47. The van der Waals surface area contributed by atoms with E-state index in [4.69, 9.17) is 4.74 Å². The fraction of sp³-hybridized carbons (Fsp3) is 0.333. The Morgan fingerprint density at radius 3 is 2.68 bits per heavy atom. The van der Waals surface area contributed by atoms with Gasteiger partial charge in [0.15, 0.2) is 5.82 Å². The van der Waals surface area contributed by atoms with Gasteiger partial charge in [-0.1, -0.05) is 6.07 Å². The highest BCUT2D eigenvalue weighted by molar-refractivity contribution is 5.82. The van der Waals surface area contributed by atoms with E-state index in [9.17, 15) is 4.39 Å². The predicted octanol–water partition coefficient (Wildman–Crippen LogP) is 4.63. The molecule has 1 fully saturated rings. The predicted molar refractivity (Wildman–Crippen MR) is 133 cm³/mol. The molecule has 34 heavy (non-hydrogen) atoms. The minimum atomic E-state index is -0.306. The Labute approximate surface area is 199 Å². The highest BCUT2D eigenvalue weighted by Gasteiger charge is 2.23. The van der Waals surface area contributed by atoms with Gasteiger partial charge in [-0.05, 0) is 82.0 Å². The lowest BCUT2D eigenvalue weighted by atomic mass is 10.2. The maximum absolute atomic E-state index is 13.8. The first kappa shape index (κ1) is 22.5. The van der Waals surface area contributed by atoms with Crippen LogP contribution in [0.25, 0.3) is 28.2 Å². The van der Waals surface area contributed by atoms with E-state index in [0.29, 0.717) is 24.0 Å². The molecule has 0 aliphatic carbocycles. The van der Waals surface area contributed by atoms with Crippen molar-refractivity contribution in [3.05, 3.63) is 72.7 Å². The molecule has 1 aliphatic heterocycles. The van der Waals surface area contributed by atoms with E-state index in [1.165, 1.54) is 25.1 Å². The number of benzene rings is 2. The largest absolute Gasteiger partial charge is 0.494 e. The quantitative estimate of drug-likeness (QED) is 0.360. The Bertz CT molecular complexity index is 1240. The molecular weight excluding hydrogens is 429 g/mol. The summed E-state index contributed by atoms with van der Waals surface area (Å²) in [7, 11) is 4.32. The second kappa shape index (κ2) is 9.91. The number of ether oxygens (including phenoxy) is 1. The van der Waals surface area contributed by atoms with Gasteiger partial charge >= 0.3 is 0 Å². The zero-order valence-corrected chi connectivity index (χ0v) is 19.7. The van der Waals surface area contributed by atoms with Crippen LogP contribution in [0.3, 0.4) is 0 Å². The molecule has 0 N–H and O–H groups in total. The molecule has 2 aromatic heterocycles. The highest BCUT2D eigenvalue weighted by atomic mass is 19.1. The summed E-state index contributed by atoms with van der Waals surface area (Å²) < 4.78 is 21.9. The van der Waals surface area contributed by atoms with E-state index >= 15 is 0 Å². The summed E-state index contributed by atoms with van der Waals surface area (Å²) in [5.74, 6) is 1.21. The Morgan fingerprint density at radius 1 is 1.09 bits per heavy atom. The third kappa shape index (κ3) is 4.81. The van der Waals surface area contributed by atoms with Gasteiger partial charge in [0, 0.05) is 37.1 Å². The van der Waals surface area contributed by atoms with Crippen LogP contribution in [0.15, 0.2) is 66.9 Å². The van der Waals surface area contributed by atoms with E-state index in [1.807, 2.05) is 47.0 Å². The normalized spacial score (nSPS) is 16.5. The number of halogens is 1. The molecule has 0 saturated carbocycles. The maximum atomic E-state index is 13.8. The number of hydrogen-bond acceptors (Lipinski definition) is 5. The zero-order valence-electron chi connectivity index (χ0n) is 19.7. The zero-order chi connectivity index (χ0) is 23.5. The van der Waals surface area contributed by atoms with E-state index in [1.54, 1.807) is 12.3 Å². The highest BCUT2D eigenvalue weighted by Crippen LogP contribution is 2.29. The lowest BCUT2D eigenvalue weighted by Gasteiger charge is -2.20. The van der Waals surface area contributed by atoms with Crippen LogP contribution in [0, 0.1) is 5.82 Å². The topological polar surface area (TPSA) is 46.4 Å². The number of aromatic nitrogens is 3. The van der Waals surface area contributed by atoms with Crippen LogP contribution < -0.4 is 4.74 Å². The molecule has 6 nitrogen and oxygen atoms in total. The van der Waals surface area contributed by atoms with Crippen molar-refractivity contribution >= 4 is 11.0 Å². The Morgan fingerprint density at radius 2 is 1.94 bits per heavy atom. The van der Waals surface area contributed by atoms with E-state index in [-0.39, 0.29) is 5.82 Å². The van der Waals surface area contributed by atoms with Crippen LogP contribution in [-0.4, -0.2) is 70.7 Å². The van der Waals surface area contributed by atoms with Crippen molar-refractivity contribution in [3.63, 3.8) is 0 Å². The van der Waals surface area contributed by atoms with E-state index in [2.05, 4.69) is 33.9 Å². The molecule has 1 saturated heterocycles. The van der Waals surface area contributed by atoms with Gasteiger partial charge in [0.25, 0.3) is 0 Å². The van der Waals surface area contributed by atoms with Gasteiger partial charge in [-0.15, -0.1) is 0 Å². The van der Waals surface area contributed by atoms with Crippen LogP contribution in [0.5, 0.6) is 5.75 Å². The fourth-order valence-electron chi connectivity index (χ4n) is 4.59. The summed E-state index contributed by atoms with van der Waals surface area (Å²) in [6, 6.07) is 19.0. The Kier molecular flexibility index (Phi) is 6.56. The lowest BCUT2D eigenvalue weighted by molar-refractivity contribution is 0.242. The van der Waals surface area contributed by atoms with Crippen LogP contribution >= 0.6 is 0 Å². The van der Waals surface area contributed by atoms with Crippen LogP contribution in [0.4, 0.5) is 4.39 Å². The molecule has 4 aromatic rings. The van der Waals surface area contributed by atoms with Crippen molar-refractivity contribution in [2.75, 3.05) is 40.3 Å². The molecule has 1 unspecified atom stereocenters. The molecule has 0 amide bonds. The first-order valence-electron chi connectivity index (χ1n) is 11.8. The first-order chi connectivity index (χ1) is 16.6. The molecule has 3 heterocycles. The molecule has 0 spiro atoms. The summed E-state index contributed by atoms with van der Waals surface area (Å²) >= 11 is 0. The summed E-state index contributed by atoms with van der Waals surface area (Å²) in [6.45, 7) is 4.06. The van der Waals surface area contributed by atoms with Gasteiger partial charge in [-0.25, -0.2) is 9.37 Å².